The Bertz CT molecular complexity index is 1280. The molecule has 11 nitrogen and oxygen atoms in total. The van der Waals surface area contributed by atoms with Crippen LogP contribution in [0.1, 0.15) is 41.0 Å². The summed E-state index contributed by atoms with van der Waals surface area (Å²) in [7, 11) is 0. The van der Waals surface area contributed by atoms with Crippen LogP contribution in [0.4, 0.5) is 0 Å². The van der Waals surface area contributed by atoms with Crippen molar-refractivity contribution in [3.05, 3.63) is 74.6 Å². The maximum Gasteiger partial charge on any atom is 0.290 e. The molecular weight excluding hydrogens is 428 g/mol. The zero-order valence-corrected chi connectivity index (χ0v) is 17.7. The number of pyridine rings is 1. The fraction of sp³-hybridized carbons (Fsp3) is 0.318. The standard InChI is InChI=1S/C21H20N6O3.CH2O2/c28-16-12-23-11-15(24-16)20(30)27-8-5-21(6-9-27)4-3-14-17(21)25-18(26-19(14)29)13-2-1-7-22-10-13;2-1-3/h1-2,7,10-12H,3-6,8-9H2,(H,24,28)(H,25,26,29);1H,(H,2,3). The highest BCUT2D eigenvalue weighted by Crippen LogP contribution is 2.44. The van der Waals surface area contributed by atoms with Crippen molar-refractivity contribution < 1.29 is 14.7 Å². The zero-order valence-electron chi connectivity index (χ0n) is 17.7. The maximum atomic E-state index is 12.7. The molecule has 3 N–H and O–H groups in total. The smallest absolute Gasteiger partial charge is 0.290 e. The van der Waals surface area contributed by atoms with Crippen molar-refractivity contribution in [2.45, 2.75) is 31.1 Å². The first kappa shape index (κ1) is 22.1. The van der Waals surface area contributed by atoms with Crippen LogP contribution in [0.5, 0.6) is 0 Å². The first-order valence-electron chi connectivity index (χ1n) is 10.4. The van der Waals surface area contributed by atoms with E-state index in [-0.39, 0.29) is 29.0 Å². The quantitative estimate of drug-likeness (QED) is 0.481. The van der Waals surface area contributed by atoms with Crippen LogP contribution in [-0.2, 0) is 16.6 Å². The molecule has 33 heavy (non-hydrogen) atoms. The summed E-state index contributed by atoms with van der Waals surface area (Å²) in [4.78, 5) is 65.2. The molecule has 1 saturated heterocycles. The lowest BCUT2D eigenvalue weighted by Crippen LogP contribution is -2.45. The predicted molar refractivity (Wildman–Crippen MR) is 117 cm³/mol. The van der Waals surface area contributed by atoms with E-state index in [1.54, 1.807) is 17.3 Å². The molecule has 3 aromatic heterocycles. The number of carbonyl (C=O) groups is 2. The third kappa shape index (κ3) is 4.29. The number of piperidine rings is 1. The minimum atomic E-state index is -0.398. The monoisotopic (exact) mass is 450 g/mol. The number of nitrogens with one attached hydrogen (secondary N) is 2. The molecule has 0 saturated carbocycles. The summed E-state index contributed by atoms with van der Waals surface area (Å²) in [6.45, 7) is 0.817. The number of hydrogen-bond acceptors (Lipinski definition) is 7. The molecule has 5 rings (SSSR count). The number of H-pyrrole nitrogens is 2. The van der Waals surface area contributed by atoms with Crippen molar-refractivity contribution in [1.29, 1.82) is 0 Å². The van der Waals surface area contributed by atoms with Gasteiger partial charge in [-0.1, -0.05) is 0 Å². The van der Waals surface area contributed by atoms with E-state index in [4.69, 9.17) is 14.9 Å². The predicted octanol–water partition coefficient (Wildman–Crippen LogP) is 0.736. The second-order valence-electron chi connectivity index (χ2n) is 7.97. The highest BCUT2D eigenvalue weighted by molar-refractivity contribution is 5.92. The molecule has 3 aromatic rings. The zero-order chi connectivity index (χ0) is 23.4. The van der Waals surface area contributed by atoms with Crippen LogP contribution in [0, 0.1) is 0 Å². The Morgan fingerprint density at radius 2 is 1.85 bits per heavy atom. The number of carboxylic acid groups (broad SMARTS) is 1. The molecule has 170 valence electrons. The van der Waals surface area contributed by atoms with E-state index < -0.39 is 5.56 Å². The Kier molecular flexibility index (Phi) is 6.11. The Hall–Kier alpha value is -4.15. The number of fused-ring (bicyclic) bond motifs is 2. The summed E-state index contributed by atoms with van der Waals surface area (Å²) in [5, 5.41) is 6.89. The topological polar surface area (TPSA) is 162 Å². The van der Waals surface area contributed by atoms with Crippen LogP contribution in [0.2, 0.25) is 0 Å². The maximum absolute atomic E-state index is 12.7. The number of likely N-dealkylation sites (tertiary alicyclic amines) is 1. The molecule has 4 heterocycles. The third-order valence-corrected chi connectivity index (χ3v) is 6.20. The van der Waals surface area contributed by atoms with Gasteiger partial charge in [0.05, 0.1) is 18.1 Å². The third-order valence-electron chi connectivity index (χ3n) is 6.20. The van der Waals surface area contributed by atoms with Gasteiger partial charge in [0, 0.05) is 42.0 Å². The van der Waals surface area contributed by atoms with E-state index in [0.717, 1.165) is 42.3 Å². The van der Waals surface area contributed by atoms with Gasteiger partial charge in [-0.2, -0.15) is 0 Å². The van der Waals surface area contributed by atoms with Gasteiger partial charge in [-0.15, -0.1) is 0 Å². The largest absolute Gasteiger partial charge is 0.483 e. The van der Waals surface area contributed by atoms with Crippen molar-refractivity contribution in [3.63, 3.8) is 0 Å². The molecule has 0 bridgehead atoms. The average Bonchev–Trinajstić information content (AvgIpc) is 3.18. The van der Waals surface area contributed by atoms with Gasteiger partial charge in [0.1, 0.15) is 11.5 Å². The van der Waals surface area contributed by atoms with E-state index in [1.165, 1.54) is 6.20 Å². The molecule has 1 fully saturated rings. The first-order chi connectivity index (χ1) is 16.0. The van der Waals surface area contributed by atoms with Crippen LogP contribution in [-0.4, -0.2) is 60.4 Å². The van der Waals surface area contributed by atoms with Gasteiger partial charge < -0.3 is 20.0 Å². The molecule has 1 amide bonds. The molecule has 0 atom stereocenters. The fourth-order valence-electron chi connectivity index (χ4n) is 4.57. The highest BCUT2D eigenvalue weighted by atomic mass is 16.3. The molecule has 0 radical (unpaired) electrons. The minimum absolute atomic E-state index is 0.0952. The summed E-state index contributed by atoms with van der Waals surface area (Å²) in [6, 6.07) is 3.68. The molecule has 1 aliphatic heterocycles. The normalized spacial score (nSPS) is 15.9. The van der Waals surface area contributed by atoms with E-state index in [9.17, 15) is 14.4 Å². The van der Waals surface area contributed by atoms with Crippen LogP contribution in [0.25, 0.3) is 11.4 Å². The number of rotatable bonds is 2. The number of amides is 1. The lowest BCUT2D eigenvalue weighted by molar-refractivity contribution is -0.122. The van der Waals surface area contributed by atoms with Crippen molar-refractivity contribution in [2.75, 3.05) is 13.1 Å². The SMILES string of the molecule is O=C(c1cncc(=O)[nH]1)N1CCC2(CCc3c2nc(-c2cccnc2)[nH]c3=O)CC1.O=CO. The number of hydrogen-bond donors (Lipinski definition) is 3. The Balaban J connectivity index is 0.000000821. The summed E-state index contributed by atoms with van der Waals surface area (Å²) in [5.41, 5.74) is 1.87. The van der Waals surface area contributed by atoms with Crippen LogP contribution >= 0.6 is 0 Å². The Labute approximate surface area is 187 Å². The lowest BCUT2D eigenvalue weighted by atomic mass is 9.76. The molecule has 1 spiro atoms. The van der Waals surface area contributed by atoms with E-state index in [1.807, 2.05) is 12.1 Å². The number of nitrogens with zero attached hydrogens (tertiary/aromatic N) is 4. The molecule has 0 unspecified atom stereocenters. The van der Waals surface area contributed by atoms with Gasteiger partial charge in [0.2, 0.25) is 0 Å². The molecule has 2 aliphatic rings. The van der Waals surface area contributed by atoms with Crippen LogP contribution in [0.15, 0.2) is 46.5 Å². The van der Waals surface area contributed by atoms with Gasteiger partial charge >= 0.3 is 0 Å². The second kappa shape index (κ2) is 9.15. The number of carbonyl (C=O) groups excluding carboxylic acids is 1. The van der Waals surface area contributed by atoms with E-state index in [2.05, 4.69) is 19.9 Å². The first-order valence-corrected chi connectivity index (χ1v) is 10.4. The van der Waals surface area contributed by atoms with Gasteiger partial charge in [0.15, 0.2) is 0 Å². The van der Waals surface area contributed by atoms with Crippen LogP contribution < -0.4 is 11.1 Å². The van der Waals surface area contributed by atoms with E-state index >= 15 is 0 Å². The van der Waals surface area contributed by atoms with Gasteiger partial charge in [-0.05, 0) is 37.8 Å². The Morgan fingerprint density at radius 3 is 2.52 bits per heavy atom. The highest BCUT2D eigenvalue weighted by Gasteiger charge is 2.44. The van der Waals surface area contributed by atoms with Crippen molar-refractivity contribution in [3.8, 4) is 11.4 Å². The number of aromatic amines is 2. The summed E-state index contributed by atoms with van der Waals surface area (Å²) < 4.78 is 0. The molecule has 1 aliphatic carbocycles. The van der Waals surface area contributed by atoms with Gasteiger partial charge in [-0.3, -0.25) is 29.1 Å². The summed E-state index contributed by atoms with van der Waals surface area (Å²) in [6.07, 6.45) is 8.86. The van der Waals surface area contributed by atoms with Crippen molar-refractivity contribution >= 4 is 12.4 Å². The van der Waals surface area contributed by atoms with Crippen LogP contribution in [0.3, 0.4) is 0 Å². The molecule has 0 aromatic carbocycles. The fourth-order valence-corrected chi connectivity index (χ4v) is 4.57. The summed E-state index contributed by atoms with van der Waals surface area (Å²) in [5.74, 6) is 0.294. The minimum Gasteiger partial charge on any atom is -0.483 e. The van der Waals surface area contributed by atoms with Gasteiger partial charge in [-0.25, -0.2) is 4.98 Å². The van der Waals surface area contributed by atoms with Gasteiger partial charge in [0.25, 0.3) is 23.5 Å². The lowest BCUT2D eigenvalue weighted by Gasteiger charge is -2.39. The molecule has 11 heteroatoms. The van der Waals surface area contributed by atoms with E-state index in [0.29, 0.717) is 25.3 Å². The average molecular weight is 450 g/mol. The molecular formula is C22H22N6O5. The Morgan fingerprint density at radius 1 is 1.09 bits per heavy atom. The second-order valence-corrected chi connectivity index (χ2v) is 7.97. The van der Waals surface area contributed by atoms with Crippen molar-refractivity contribution in [2.24, 2.45) is 0 Å². The van der Waals surface area contributed by atoms with Crippen molar-refractivity contribution in [1.82, 2.24) is 29.8 Å². The summed E-state index contributed by atoms with van der Waals surface area (Å²) >= 11 is 0. The number of aromatic nitrogens is 5.